The van der Waals surface area contributed by atoms with Gasteiger partial charge in [-0.1, -0.05) is 85.3 Å². The van der Waals surface area contributed by atoms with Gasteiger partial charge in [-0.15, -0.1) is 0 Å². The third-order valence-electron chi connectivity index (χ3n) is 11.8. The summed E-state index contributed by atoms with van der Waals surface area (Å²) in [6.45, 7) is 5.85. The molecule has 2 fully saturated rings. The van der Waals surface area contributed by atoms with Crippen LogP contribution in [-0.4, -0.2) is 87.9 Å². The third kappa shape index (κ3) is 8.14. The van der Waals surface area contributed by atoms with Crippen molar-refractivity contribution in [2.24, 2.45) is 5.41 Å². The summed E-state index contributed by atoms with van der Waals surface area (Å²) in [5.41, 5.74) is 4.78. The van der Waals surface area contributed by atoms with Crippen molar-refractivity contribution < 1.29 is 30.0 Å². The van der Waals surface area contributed by atoms with E-state index in [0.29, 0.717) is 56.3 Å². The number of hydrogen-bond donors (Lipinski definition) is 4. The smallest absolute Gasteiger partial charge is 0.193 e. The van der Waals surface area contributed by atoms with Gasteiger partial charge in [0, 0.05) is 42.8 Å². The first kappa shape index (κ1) is 36.6. The first-order valence-electron chi connectivity index (χ1n) is 18.6. The van der Waals surface area contributed by atoms with Gasteiger partial charge in [0.1, 0.15) is 0 Å². The molecule has 1 heterocycles. The van der Waals surface area contributed by atoms with Crippen LogP contribution in [-0.2, 0) is 11.2 Å². The lowest BCUT2D eigenvalue weighted by Gasteiger charge is -2.46. The molecule has 50 heavy (non-hydrogen) atoms. The zero-order valence-electron chi connectivity index (χ0n) is 29.8. The van der Waals surface area contributed by atoms with E-state index in [1.165, 1.54) is 5.57 Å². The van der Waals surface area contributed by atoms with Crippen molar-refractivity contribution in [3.8, 4) is 11.1 Å². The van der Waals surface area contributed by atoms with Crippen LogP contribution in [0.5, 0.6) is 0 Å². The summed E-state index contributed by atoms with van der Waals surface area (Å²) in [5, 5.41) is 44.1. The van der Waals surface area contributed by atoms with Crippen molar-refractivity contribution in [3.63, 3.8) is 0 Å². The van der Waals surface area contributed by atoms with Gasteiger partial charge in [0.15, 0.2) is 5.78 Å². The van der Waals surface area contributed by atoms with Crippen LogP contribution in [0.3, 0.4) is 0 Å². The lowest BCUT2D eigenvalue weighted by molar-refractivity contribution is -0.0945. The molecule has 3 aromatic rings. The van der Waals surface area contributed by atoms with Gasteiger partial charge in [0.05, 0.1) is 30.5 Å². The topological polar surface area (TPSA) is 110 Å². The van der Waals surface area contributed by atoms with Crippen LogP contribution in [0.2, 0.25) is 0 Å². The van der Waals surface area contributed by atoms with Gasteiger partial charge in [-0.05, 0) is 98.9 Å². The predicted molar refractivity (Wildman–Crippen MR) is 197 cm³/mol. The second kappa shape index (κ2) is 16.0. The molecule has 0 radical (unpaired) electrons. The Morgan fingerprint density at radius 3 is 2.48 bits per heavy atom. The van der Waals surface area contributed by atoms with E-state index < -0.39 is 23.2 Å². The number of allylic oxidation sites excluding steroid dienone is 2. The van der Waals surface area contributed by atoms with Crippen molar-refractivity contribution in [3.05, 3.63) is 107 Å². The second-order valence-electron chi connectivity index (χ2n) is 15.4. The molecule has 6 unspecified atom stereocenters. The Morgan fingerprint density at radius 1 is 1.00 bits per heavy atom. The van der Waals surface area contributed by atoms with Crippen LogP contribution in [0, 0.1) is 5.41 Å². The minimum absolute atomic E-state index is 0.0319. The standard InChI is InChI=1S/C43H55NO6/c1-30-8-6-21-42(2)40(20-22-43(42,49)29-44(26-36(47)28-45)27-37-11-7-23-50-37)38-19-13-31(24-35(46)18-12-30)25-39(38)41(48)34-16-14-33(15-17-34)32-9-4-3-5-10-32/h3-5,8-10,13-17,19,25,35-37,40,45-47,49H,6-7,11-12,18,20-24,26-29H2,1-2H3. The van der Waals surface area contributed by atoms with Gasteiger partial charge in [0.25, 0.3) is 0 Å². The molecule has 6 atom stereocenters. The number of aliphatic hydroxyl groups is 4. The normalized spacial score (nSPS) is 27.9. The molecule has 7 nitrogen and oxygen atoms in total. The predicted octanol–water partition coefficient (Wildman–Crippen LogP) is 6.46. The SMILES string of the molecule is CC1=CCCC2(C)C(CCC2(O)CN(CC(O)CO)CC2CCCO2)c2ccc(cc2C(=O)c2ccc(-c3ccccc3)cc2)CC(O)CC1. The Balaban J connectivity index is 1.38. The number of carbonyl (C=O) groups is 1. The number of fused-ring (bicyclic) bond motifs is 8. The molecule has 0 amide bonds. The molecular formula is C43H55NO6. The number of ether oxygens (including phenoxy) is 1. The Kier molecular flexibility index (Phi) is 11.7. The van der Waals surface area contributed by atoms with Crippen LogP contribution >= 0.6 is 0 Å². The summed E-state index contributed by atoms with van der Waals surface area (Å²) in [6.07, 6.45) is 7.43. The average molecular weight is 682 g/mol. The van der Waals surface area contributed by atoms with E-state index in [2.05, 4.69) is 49.1 Å². The van der Waals surface area contributed by atoms with Crippen LogP contribution < -0.4 is 0 Å². The quantitative estimate of drug-likeness (QED) is 0.144. The van der Waals surface area contributed by atoms with Crippen molar-refractivity contribution in [2.45, 2.75) is 101 Å². The molecule has 2 bridgehead atoms. The fraction of sp³-hybridized carbons (Fsp3) is 0.512. The van der Waals surface area contributed by atoms with Crippen molar-refractivity contribution in [1.82, 2.24) is 4.90 Å². The third-order valence-corrected chi connectivity index (χ3v) is 11.8. The van der Waals surface area contributed by atoms with Crippen molar-refractivity contribution >= 4 is 5.78 Å². The summed E-state index contributed by atoms with van der Waals surface area (Å²) in [7, 11) is 0. The molecule has 268 valence electrons. The Hall–Kier alpha value is -3.17. The van der Waals surface area contributed by atoms with Gasteiger partial charge in [0.2, 0.25) is 0 Å². The van der Waals surface area contributed by atoms with E-state index in [0.717, 1.165) is 54.5 Å². The summed E-state index contributed by atoms with van der Waals surface area (Å²) in [5.74, 6) is -0.152. The van der Waals surface area contributed by atoms with Crippen LogP contribution in [0.1, 0.15) is 98.2 Å². The molecule has 0 spiro atoms. The van der Waals surface area contributed by atoms with Gasteiger partial charge in [-0.25, -0.2) is 0 Å². The molecule has 1 aliphatic heterocycles. The molecule has 3 aromatic carbocycles. The summed E-state index contributed by atoms with van der Waals surface area (Å²) in [6, 6.07) is 24.0. The average Bonchev–Trinajstić information content (AvgIpc) is 3.72. The molecule has 4 aliphatic rings. The molecule has 4 N–H and O–H groups in total. The van der Waals surface area contributed by atoms with E-state index in [1.807, 2.05) is 48.5 Å². The number of hydrogen-bond acceptors (Lipinski definition) is 7. The summed E-state index contributed by atoms with van der Waals surface area (Å²) >= 11 is 0. The highest BCUT2D eigenvalue weighted by atomic mass is 16.5. The van der Waals surface area contributed by atoms with Crippen molar-refractivity contribution in [1.29, 1.82) is 0 Å². The molecule has 1 saturated carbocycles. The maximum Gasteiger partial charge on any atom is 0.193 e. The lowest BCUT2D eigenvalue weighted by atomic mass is 9.64. The highest BCUT2D eigenvalue weighted by Crippen LogP contribution is 2.59. The van der Waals surface area contributed by atoms with Crippen LogP contribution in [0.25, 0.3) is 11.1 Å². The number of benzene rings is 3. The molecule has 3 aliphatic carbocycles. The fourth-order valence-corrected chi connectivity index (χ4v) is 8.80. The Labute approximate surface area is 297 Å². The molecular weight excluding hydrogens is 626 g/mol. The van der Waals surface area contributed by atoms with Crippen molar-refractivity contribution in [2.75, 3.05) is 32.8 Å². The maximum atomic E-state index is 14.5. The largest absolute Gasteiger partial charge is 0.394 e. The van der Waals surface area contributed by atoms with E-state index in [1.54, 1.807) is 0 Å². The molecule has 7 heteroatoms. The summed E-state index contributed by atoms with van der Waals surface area (Å²) < 4.78 is 5.96. The van der Waals surface area contributed by atoms with E-state index in [-0.39, 0.29) is 31.0 Å². The fourth-order valence-electron chi connectivity index (χ4n) is 8.80. The highest BCUT2D eigenvalue weighted by molar-refractivity contribution is 6.10. The van der Waals surface area contributed by atoms with E-state index in [4.69, 9.17) is 4.74 Å². The Bertz CT molecular complexity index is 1620. The van der Waals surface area contributed by atoms with Crippen LogP contribution in [0.15, 0.2) is 84.4 Å². The first-order valence-corrected chi connectivity index (χ1v) is 18.6. The minimum Gasteiger partial charge on any atom is -0.394 e. The van der Waals surface area contributed by atoms with Crippen LogP contribution in [0.4, 0.5) is 0 Å². The number of rotatable bonds is 10. The summed E-state index contributed by atoms with van der Waals surface area (Å²) in [4.78, 5) is 16.6. The van der Waals surface area contributed by atoms with E-state index in [9.17, 15) is 25.2 Å². The number of aliphatic hydroxyl groups excluding tert-OH is 3. The van der Waals surface area contributed by atoms with Gasteiger partial charge in [-0.2, -0.15) is 0 Å². The maximum absolute atomic E-state index is 14.5. The number of nitrogens with zero attached hydrogens (tertiary/aromatic N) is 1. The molecule has 1 saturated heterocycles. The molecule has 7 rings (SSSR count). The zero-order chi connectivity index (χ0) is 35.3. The first-order chi connectivity index (χ1) is 24.1. The zero-order valence-corrected chi connectivity index (χ0v) is 29.8. The van der Waals surface area contributed by atoms with Gasteiger partial charge >= 0.3 is 0 Å². The molecule has 0 aromatic heterocycles. The monoisotopic (exact) mass is 681 g/mol. The number of carbonyl (C=O) groups excluding carboxylic acids is 1. The minimum atomic E-state index is -1.11. The Morgan fingerprint density at radius 2 is 1.76 bits per heavy atom. The van der Waals surface area contributed by atoms with Gasteiger partial charge < -0.3 is 25.2 Å². The second-order valence-corrected chi connectivity index (χ2v) is 15.4. The van der Waals surface area contributed by atoms with Gasteiger partial charge in [-0.3, -0.25) is 9.69 Å². The highest BCUT2D eigenvalue weighted by Gasteiger charge is 2.57. The lowest BCUT2D eigenvalue weighted by Crippen LogP contribution is -2.55. The van der Waals surface area contributed by atoms with E-state index >= 15 is 0 Å². The number of ketones is 1.